The third kappa shape index (κ3) is 3.27. The zero-order valence-electron chi connectivity index (χ0n) is 17.6. The largest absolute Gasteiger partial charge is 0.337 e. The highest BCUT2D eigenvalue weighted by Gasteiger charge is 2.44. The van der Waals surface area contributed by atoms with Crippen LogP contribution in [0, 0.1) is 6.92 Å². The number of rotatable bonds is 4. The highest BCUT2D eigenvalue weighted by Crippen LogP contribution is 2.57. The van der Waals surface area contributed by atoms with E-state index in [9.17, 15) is 4.79 Å². The summed E-state index contributed by atoms with van der Waals surface area (Å²) in [5.41, 5.74) is 2.93. The first-order chi connectivity index (χ1) is 15.0. The maximum atomic E-state index is 13.1. The van der Waals surface area contributed by atoms with Crippen LogP contribution in [0.2, 0.25) is 5.02 Å². The van der Waals surface area contributed by atoms with Crippen LogP contribution in [0.25, 0.3) is 10.2 Å². The topological polar surface area (TPSA) is 58.1 Å². The van der Waals surface area contributed by atoms with Gasteiger partial charge in [-0.25, -0.2) is 9.97 Å². The van der Waals surface area contributed by atoms with Gasteiger partial charge in [-0.1, -0.05) is 17.7 Å². The van der Waals surface area contributed by atoms with Crippen LogP contribution in [-0.2, 0) is 0 Å². The van der Waals surface area contributed by atoms with E-state index in [1.807, 2.05) is 37.1 Å². The van der Waals surface area contributed by atoms with Crippen molar-refractivity contribution < 1.29 is 4.79 Å². The smallest absolute Gasteiger partial charge is 0.253 e. The predicted molar refractivity (Wildman–Crippen MR) is 124 cm³/mol. The van der Waals surface area contributed by atoms with Gasteiger partial charge in [0.1, 0.15) is 10.7 Å². The third-order valence-corrected chi connectivity index (χ3v) is 8.47. The Bertz CT molecular complexity index is 1190. The van der Waals surface area contributed by atoms with E-state index in [0.717, 1.165) is 46.6 Å². The van der Waals surface area contributed by atoms with Gasteiger partial charge in [-0.05, 0) is 67.7 Å². The van der Waals surface area contributed by atoms with Crippen LogP contribution in [-0.4, -0.2) is 45.9 Å². The molecular formula is C24H25ClN4OS. The van der Waals surface area contributed by atoms with Crippen molar-refractivity contribution in [3.8, 4) is 0 Å². The standard InChI is InChI=1S/C24H25ClN4OS/c1-12-26-22(16-7-8-31-23(16)27-12)18-11-17(18)15-5-3-13(9-19(15)25)24(30)29(2)21-10-14-4-6-20(21)28-14/h3,5,7-9,14,17-18,20-21,28H,4,6,10-11H2,1-2H3/t14-,17-,18+,20+,21-/m0/s1. The zero-order valence-corrected chi connectivity index (χ0v) is 19.2. The van der Waals surface area contributed by atoms with Crippen molar-refractivity contribution in [1.29, 1.82) is 0 Å². The Labute approximate surface area is 190 Å². The molecule has 0 spiro atoms. The summed E-state index contributed by atoms with van der Waals surface area (Å²) < 4.78 is 0. The molecule has 0 radical (unpaired) electrons. The number of carbonyl (C=O) groups is 1. The van der Waals surface area contributed by atoms with Crippen molar-refractivity contribution in [2.24, 2.45) is 0 Å². The summed E-state index contributed by atoms with van der Waals surface area (Å²) >= 11 is 8.36. The van der Waals surface area contributed by atoms with E-state index >= 15 is 0 Å². The Hall–Kier alpha value is -2.02. The van der Waals surface area contributed by atoms with Gasteiger partial charge >= 0.3 is 0 Å². The maximum Gasteiger partial charge on any atom is 0.253 e. The van der Waals surface area contributed by atoms with Gasteiger partial charge in [0.05, 0.1) is 5.69 Å². The lowest BCUT2D eigenvalue weighted by Crippen LogP contribution is -2.44. The fourth-order valence-electron chi connectivity index (χ4n) is 5.65. The molecule has 2 aromatic heterocycles. The number of hydrogen-bond donors (Lipinski definition) is 1. The Morgan fingerprint density at radius 2 is 2.06 bits per heavy atom. The van der Waals surface area contributed by atoms with Gasteiger partial charge in [0.2, 0.25) is 0 Å². The summed E-state index contributed by atoms with van der Waals surface area (Å²) in [6, 6.07) is 9.26. The molecule has 160 valence electrons. The van der Waals surface area contributed by atoms with Crippen molar-refractivity contribution >= 4 is 39.1 Å². The molecule has 2 aliphatic heterocycles. The number of nitrogens with one attached hydrogen (secondary N) is 1. The molecule has 31 heavy (non-hydrogen) atoms. The fraction of sp³-hybridized carbons (Fsp3) is 0.458. The van der Waals surface area contributed by atoms with Gasteiger partial charge in [-0.3, -0.25) is 4.79 Å². The van der Waals surface area contributed by atoms with Crippen molar-refractivity contribution in [3.05, 3.63) is 57.3 Å². The van der Waals surface area contributed by atoms with Crippen LogP contribution in [0.15, 0.2) is 29.6 Å². The normalized spacial score (nSPS) is 28.9. The molecule has 4 heterocycles. The molecule has 7 heteroatoms. The molecule has 3 fully saturated rings. The molecule has 1 amide bonds. The summed E-state index contributed by atoms with van der Waals surface area (Å²) in [6.07, 6.45) is 4.48. The van der Waals surface area contributed by atoms with Crippen LogP contribution < -0.4 is 5.32 Å². The van der Waals surface area contributed by atoms with Crippen molar-refractivity contribution in [2.45, 2.75) is 62.6 Å². The molecule has 5 atom stereocenters. The molecule has 3 aromatic rings. The first-order valence-corrected chi connectivity index (χ1v) is 12.3. The SMILES string of the molecule is Cc1nc([C@@H]2C[C@H]2c2ccc(C(=O)N(C)[C@H]3C[C@@H]4CC[C@H]3N4)cc2Cl)c2ccsc2n1. The predicted octanol–water partition coefficient (Wildman–Crippen LogP) is 4.89. The van der Waals surface area contributed by atoms with E-state index in [4.69, 9.17) is 16.6 Å². The van der Waals surface area contributed by atoms with Gasteiger partial charge in [-0.15, -0.1) is 11.3 Å². The lowest BCUT2D eigenvalue weighted by atomic mass is 9.94. The lowest BCUT2D eigenvalue weighted by molar-refractivity contribution is 0.0709. The summed E-state index contributed by atoms with van der Waals surface area (Å²) in [5.74, 6) is 1.59. The molecule has 2 bridgehead atoms. The number of aromatic nitrogens is 2. The first kappa shape index (κ1) is 19.6. The zero-order chi connectivity index (χ0) is 21.3. The first-order valence-electron chi connectivity index (χ1n) is 11.0. The van der Waals surface area contributed by atoms with Crippen molar-refractivity contribution in [1.82, 2.24) is 20.2 Å². The molecule has 6 rings (SSSR count). The Balaban J connectivity index is 1.22. The van der Waals surface area contributed by atoms with Gasteiger partial charge in [0, 0.05) is 47.1 Å². The number of fused-ring (bicyclic) bond motifs is 3. The summed E-state index contributed by atoms with van der Waals surface area (Å²) in [7, 11) is 1.93. The number of nitrogens with zero attached hydrogens (tertiary/aromatic N) is 3. The minimum Gasteiger partial charge on any atom is -0.337 e. The molecule has 1 N–H and O–H groups in total. The highest BCUT2D eigenvalue weighted by molar-refractivity contribution is 7.16. The quantitative estimate of drug-likeness (QED) is 0.612. The third-order valence-electron chi connectivity index (χ3n) is 7.34. The van der Waals surface area contributed by atoms with Crippen LogP contribution in [0.1, 0.15) is 65.0 Å². The van der Waals surface area contributed by atoms with Crippen LogP contribution in [0.4, 0.5) is 0 Å². The number of halogens is 1. The highest BCUT2D eigenvalue weighted by atomic mass is 35.5. The number of hydrogen-bond acceptors (Lipinski definition) is 5. The second kappa shape index (κ2) is 7.26. The number of amides is 1. The van der Waals surface area contributed by atoms with Crippen LogP contribution in [0.3, 0.4) is 0 Å². The second-order valence-corrected chi connectivity index (χ2v) is 10.5. The van der Waals surface area contributed by atoms with Gasteiger partial charge in [0.25, 0.3) is 5.91 Å². The van der Waals surface area contributed by atoms with Crippen LogP contribution >= 0.6 is 22.9 Å². The molecule has 1 aromatic carbocycles. The fourth-order valence-corrected chi connectivity index (χ4v) is 6.79. The van der Waals surface area contributed by atoms with E-state index in [1.165, 1.54) is 6.42 Å². The van der Waals surface area contributed by atoms with Gasteiger partial charge in [0.15, 0.2) is 0 Å². The number of thiophene rings is 1. The van der Waals surface area contributed by atoms with Gasteiger partial charge in [-0.2, -0.15) is 0 Å². The van der Waals surface area contributed by atoms with Gasteiger partial charge < -0.3 is 10.2 Å². The van der Waals surface area contributed by atoms with Crippen LogP contribution in [0.5, 0.6) is 0 Å². The Morgan fingerprint density at radius 3 is 2.81 bits per heavy atom. The lowest BCUT2D eigenvalue weighted by Gasteiger charge is -2.30. The second-order valence-electron chi connectivity index (χ2n) is 9.25. The van der Waals surface area contributed by atoms with E-state index in [2.05, 4.69) is 21.7 Å². The average molecular weight is 453 g/mol. The Morgan fingerprint density at radius 1 is 1.19 bits per heavy atom. The van der Waals surface area contributed by atoms with E-state index < -0.39 is 0 Å². The number of carbonyl (C=O) groups excluding carboxylic acids is 1. The number of aryl methyl sites for hydroxylation is 1. The van der Waals surface area contributed by atoms with Crippen molar-refractivity contribution in [2.75, 3.05) is 7.05 Å². The molecule has 1 saturated carbocycles. The minimum atomic E-state index is 0.0616. The number of likely N-dealkylation sites (N-methyl/N-ethyl adjacent to an activating group) is 1. The van der Waals surface area contributed by atoms with E-state index in [0.29, 0.717) is 34.5 Å². The number of benzene rings is 1. The van der Waals surface area contributed by atoms with E-state index in [-0.39, 0.29) is 11.9 Å². The molecule has 5 nitrogen and oxygen atoms in total. The summed E-state index contributed by atoms with van der Waals surface area (Å²) in [4.78, 5) is 25.4. The monoisotopic (exact) mass is 452 g/mol. The molecule has 2 saturated heterocycles. The molecule has 1 aliphatic carbocycles. The molecule has 3 aliphatic rings. The van der Waals surface area contributed by atoms with E-state index in [1.54, 1.807) is 11.3 Å². The molecule has 0 unspecified atom stereocenters. The summed E-state index contributed by atoms with van der Waals surface area (Å²) in [6.45, 7) is 1.95. The van der Waals surface area contributed by atoms with Crippen molar-refractivity contribution in [3.63, 3.8) is 0 Å². The average Bonchev–Trinajstić information content (AvgIpc) is 3.10. The molecular weight excluding hydrogens is 428 g/mol. The summed E-state index contributed by atoms with van der Waals surface area (Å²) in [5, 5.41) is 7.54. The maximum absolute atomic E-state index is 13.1. The minimum absolute atomic E-state index is 0.0616. The Kier molecular flexibility index (Phi) is 4.60.